The van der Waals surface area contributed by atoms with Gasteiger partial charge >= 0.3 is 0 Å². The fourth-order valence-corrected chi connectivity index (χ4v) is 1.87. The standard InChI is InChI=1S/C16H17NO2/c18-16(13-15-9-5-2-6-10-15)17(19)12-11-14-7-3-1-4-8-14/h1-10,19H,11-13H2. The normalized spacial score (nSPS) is 10.2. The molecule has 2 rings (SSSR count). The minimum Gasteiger partial charge on any atom is -0.286 e. The van der Waals surface area contributed by atoms with E-state index in [-0.39, 0.29) is 12.3 Å². The molecule has 0 saturated heterocycles. The fraction of sp³-hybridized carbons (Fsp3) is 0.188. The first-order chi connectivity index (χ1) is 9.25. The van der Waals surface area contributed by atoms with Crippen molar-refractivity contribution in [3.05, 3.63) is 71.8 Å². The third-order valence-corrected chi connectivity index (χ3v) is 2.94. The highest BCUT2D eigenvalue weighted by molar-refractivity contribution is 5.77. The number of hydrogen-bond donors (Lipinski definition) is 1. The number of nitrogens with zero attached hydrogens (tertiary/aromatic N) is 1. The minimum atomic E-state index is -0.276. The van der Waals surface area contributed by atoms with Gasteiger partial charge in [-0.15, -0.1) is 0 Å². The van der Waals surface area contributed by atoms with Crippen molar-refractivity contribution in [3.63, 3.8) is 0 Å². The molecule has 0 heterocycles. The molecule has 3 nitrogen and oxygen atoms in total. The topological polar surface area (TPSA) is 40.5 Å². The van der Waals surface area contributed by atoms with Crippen LogP contribution in [0.2, 0.25) is 0 Å². The Morgan fingerprint density at radius 3 is 2.00 bits per heavy atom. The second-order valence-electron chi connectivity index (χ2n) is 4.41. The molecule has 98 valence electrons. The van der Waals surface area contributed by atoms with Crippen molar-refractivity contribution in [3.8, 4) is 0 Å². The van der Waals surface area contributed by atoms with Crippen LogP contribution in [-0.2, 0) is 17.6 Å². The van der Waals surface area contributed by atoms with Gasteiger partial charge < -0.3 is 0 Å². The van der Waals surface area contributed by atoms with Gasteiger partial charge in [-0.3, -0.25) is 10.0 Å². The molecule has 1 amide bonds. The molecule has 0 atom stereocenters. The Bertz CT molecular complexity index is 511. The highest BCUT2D eigenvalue weighted by atomic mass is 16.5. The zero-order chi connectivity index (χ0) is 13.5. The molecule has 0 spiro atoms. The summed E-state index contributed by atoms with van der Waals surface area (Å²) in [6.07, 6.45) is 0.879. The Morgan fingerprint density at radius 1 is 0.895 bits per heavy atom. The van der Waals surface area contributed by atoms with Crippen LogP contribution < -0.4 is 0 Å². The van der Waals surface area contributed by atoms with Gasteiger partial charge in [-0.2, -0.15) is 0 Å². The summed E-state index contributed by atoms with van der Waals surface area (Å²) in [6.45, 7) is 0.315. The number of amides is 1. The molecule has 0 aromatic heterocycles. The van der Waals surface area contributed by atoms with Crippen molar-refractivity contribution in [1.29, 1.82) is 0 Å². The lowest BCUT2D eigenvalue weighted by atomic mass is 10.1. The Hall–Kier alpha value is -2.13. The van der Waals surface area contributed by atoms with Crippen LogP contribution >= 0.6 is 0 Å². The number of carbonyl (C=O) groups excluding carboxylic acids is 1. The zero-order valence-corrected chi connectivity index (χ0v) is 10.7. The predicted molar refractivity (Wildman–Crippen MR) is 73.8 cm³/mol. The number of carbonyl (C=O) groups is 1. The van der Waals surface area contributed by atoms with E-state index < -0.39 is 0 Å². The lowest BCUT2D eigenvalue weighted by Gasteiger charge is -2.15. The van der Waals surface area contributed by atoms with Crippen LogP contribution in [0.5, 0.6) is 0 Å². The van der Waals surface area contributed by atoms with Crippen LogP contribution in [0, 0.1) is 0 Å². The van der Waals surface area contributed by atoms with Crippen LogP contribution in [0.25, 0.3) is 0 Å². The second kappa shape index (κ2) is 6.71. The summed E-state index contributed by atoms with van der Waals surface area (Å²) in [4.78, 5) is 11.8. The molecule has 3 heteroatoms. The molecule has 1 N–H and O–H groups in total. The van der Waals surface area contributed by atoms with E-state index in [4.69, 9.17) is 0 Å². The van der Waals surface area contributed by atoms with Gasteiger partial charge in [0.1, 0.15) is 0 Å². The molecule has 0 saturated carbocycles. The average Bonchev–Trinajstić information content (AvgIpc) is 2.47. The minimum absolute atomic E-state index is 0.228. The number of hydroxylamine groups is 2. The monoisotopic (exact) mass is 255 g/mol. The summed E-state index contributed by atoms with van der Waals surface area (Å²) < 4.78 is 0. The summed E-state index contributed by atoms with van der Waals surface area (Å²) in [5.74, 6) is -0.276. The Labute approximate surface area is 113 Å². The maximum atomic E-state index is 11.8. The van der Waals surface area contributed by atoms with Crippen LogP contribution in [0.1, 0.15) is 11.1 Å². The zero-order valence-electron chi connectivity index (χ0n) is 10.7. The summed E-state index contributed by atoms with van der Waals surface area (Å²) >= 11 is 0. The quantitative estimate of drug-likeness (QED) is 0.659. The van der Waals surface area contributed by atoms with Gasteiger partial charge in [0.25, 0.3) is 0 Å². The molecular formula is C16H17NO2. The third-order valence-electron chi connectivity index (χ3n) is 2.94. The lowest BCUT2D eigenvalue weighted by Crippen LogP contribution is -2.30. The van der Waals surface area contributed by atoms with Gasteiger partial charge in [0.2, 0.25) is 5.91 Å². The summed E-state index contributed by atoms with van der Waals surface area (Å²) in [5.41, 5.74) is 2.01. The highest BCUT2D eigenvalue weighted by Gasteiger charge is 2.11. The Balaban J connectivity index is 1.83. The first kappa shape index (κ1) is 13.3. The summed E-state index contributed by atoms with van der Waals surface area (Å²) in [7, 11) is 0. The molecule has 0 aliphatic rings. The molecule has 0 aliphatic heterocycles. The van der Waals surface area contributed by atoms with Crippen LogP contribution in [-0.4, -0.2) is 22.7 Å². The van der Waals surface area contributed by atoms with Crippen LogP contribution in [0.15, 0.2) is 60.7 Å². The Morgan fingerprint density at radius 2 is 1.42 bits per heavy atom. The van der Waals surface area contributed by atoms with Crippen LogP contribution in [0.4, 0.5) is 0 Å². The fourth-order valence-electron chi connectivity index (χ4n) is 1.87. The maximum absolute atomic E-state index is 11.8. The molecule has 0 unspecified atom stereocenters. The SMILES string of the molecule is O=C(Cc1ccccc1)N(O)CCc1ccccc1. The number of hydrogen-bond acceptors (Lipinski definition) is 2. The van der Waals surface area contributed by atoms with E-state index in [0.29, 0.717) is 13.0 Å². The lowest BCUT2D eigenvalue weighted by molar-refractivity contribution is -0.164. The van der Waals surface area contributed by atoms with Crippen molar-refractivity contribution < 1.29 is 10.0 Å². The molecule has 0 aliphatic carbocycles. The molecule has 2 aromatic carbocycles. The van der Waals surface area contributed by atoms with E-state index in [2.05, 4.69) is 0 Å². The first-order valence-corrected chi connectivity index (χ1v) is 6.33. The van der Waals surface area contributed by atoms with Gasteiger partial charge in [-0.25, -0.2) is 5.06 Å². The van der Waals surface area contributed by atoms with Gasteiger partial charge in [-0.05, 0) is 17.5 Å². The van der Waals surface area contributed by atoms with Crippen molar-refractivity contribution >= 4 is 5.91 Å². The molecule has 19 heavy (non-hydrogen) atoms. The number of rotatable bonds is 5. The van der Waals surface area contributed by atoms with E-state index >= 15 is 0 Å². The number of benzene rings is 2. The van der Waals surface area contributed by atoms with E-state index in [9.17, 15) is 10.0 Å². The van der Waals surface area contributed by atoms with Gasteiger partial charge in [0.05, 0.1) is 13.0 Å². The maximum Gasteiger partial charge on any atom is 0.250 e. The summed E-state index contributed by atoms with van der Waals surface area (Å²) in [6, 6.07) is 19.2. The largest absolute Gasteiger partial charge is 0.286 e. The van der Waals surface area contributed by atoms with E-state index in [1.54, 1.807) is 0 Å². The molecule has 0 fully saturated rings. The molecular weight excluding hydrogens is 238 g/mol. The van der Waals surface area contributed by atoms with Crippen molar-refractivity contribution in [2.75, 3.05) is 6.54 Å². The second-order valence-corrected chi connectivity index (χ2v) is 4.41. The van der Waals surface area contributed by atoms with E-state index in [1.807, 2.05) is 60.7 Å². The van der Waals surface area contributed by atoms with Gasteiger partial charge in [0, 0.05) is 0 Å². The van der Waals surface area contributed by atoms with E-state index in [1.165, 1.54) is 0 Å². The predicted octanol–water partition coefficient (Wildman–Crippen LogP) is 2.69. The molecule has 0 bridgehead atoms. The van der Waals surface area contributed by atoms with E-state index in [0.717, 1.165) is 16.2 Å². The highest BCUT2D eigenvalue weighted by Crippen LogP contribution is 2.04. The van der Waals surface area contributed by atoms with Gasteiger partial charge in [-0.1, -0.05) is 60.7 Å². The molecule has 0 radical (unpaired) electrons. The average molecular weight is 255 g/mol. The first-order valence-electron chi connectivity index (χ1n) is 6.33. The van der Waals surface area contributed by atoms with Crippen molar-refractivity contribution in [2.45, 2.75) is 12.8 Å². The van der Waals surface area contributed by atoms with Gasteiger partial charge in [0.15, 0.2) is 0 Å². The summed E-state index contributed by atoms with van der Waals surface area (Å²) in [5, 5.41) is 10.5. The van der Waals surface area contributed by atoms with Crippen molar-refractivity contribution in [1.82, 2.24) is 5.06 Å². The smallest absolute Gasteiger partial charge is 0.250 e. The van der Waals surface area contributed by atoms with Crippen LogP contribution in [0.3, 0.4) is 0 Å². The third kappa shape index (κ3) is 4.23. The molecule has 2 aromatic rings. The Kier molecular flexibility index (Phi) is 4.70. The van der Waals surface area contributed by atoms with Crippen molar-refractivity contribution in [2.24, 2.45) is 0 Å².